The smallest absolute Gasteiger partial charge is 0.265 e. The highest BCUT2D eigenvalue weighted by Gasteiger charge is 2.54. The number of nitrogens with zero attached hydrogens (tertiary/aromatic N) is 2. The van der Waals surface area contributed by atoms with E-state index in [0.717, 1.165) is 5.69 Å². The zero-order valence-electron chi connectivity index (χ0n) is 13.3. The molecule has 0 bridgehead atoms. The van der Waals surface area contributed by atoms with Crippen LogP contribution in [0.15, 0.2) is 30.3 Å². The monoisotopic (exact) mass is 301 g/mol. The number of hydrazine groups is 1. The molecule has 2 saturated heterocycles. The van der Waals surface area contributed by atoms with E-state index in [0.29, 0.717) is 18.8 Å². The van der Waals surface area contributed by atoms with Crippen molar-refractivity contribution in [2.75, 3.05) is 5.43 Å². The van der Waals surface area contributed by atoms with Gasteiger partial charge in [0.25, 0.3) is 5.91 Å². The molecule has 118 valence electrons. The number of fused-ring (bicyclic) bond motifs is 1. The number of benzene rings is 1. The van der Waals surface area contributed by atoms with Gasteiger partial charge in [0.15, 0.2) is 0 Å². The minimum absolute atomic E-state index is 0.00227. The Morgan fingerprint density at radius 1 is 1.23 bits per heavy atom. The molecule has 22 heavy (non-hydrogen) atoms. The first kappa shape index (κ1) is 14.9. The van der Waals surface area contributed by atoms with Crippen LogP contribution >= 0.6 is 0 Å². The third kappa shape index (κ3) is 2.45. The van der Waals surface area contributed by atoms with Crippen molar-refractivity contribution in [1.29, 1.82) is 0 Å². The molecule has 1 unspecified atom stereocenters. The summed E-state index contributed by atoms with van der Waals surface area (Å²) < 4.78 is 0. The normalized spacial score (nSPS) is 27.7. The molecule has 2 heterocycles. The number of carbonyl (C=O) groups excluding carboxylic acids is 2. The highest BCUT2D eigenvalue weighted by molar-refractivity contribution is 5.93. The summed E-state index contributed by atoms with van der Waals surface area (Å²) in [6.45, 7) is 6.20. The predicted octanol–water partition coefficient (Wildman–Crippen LogP) is 2.46. The molecule has 0 aromatic heterocycles. The van der Waals surface area contributed by atoms with E-state index in [2.05, 4.69) is 19.3 Å². The Balaban J connectivity index is 1.89. The fourth-order valence-electron chi connectivity index (χ4n) is 3.49. The molecule has 2 aliphatic heterocycles. The second-order valence-corrected chi connectivity index (χ2v) is 6.73. The summed E-state index contributed by atoms with van der Waals surface area (Å²) in [4.78, 5) is 26.9. The lowest BCUT2D eigenvalue weighted by atomic mass is 10.0. The summed E-state index contributed by atoms with van der Waals surface area (Å²) >= 11 is 0. The van der Waals surface area contributed by atoms with Gasteiger partial charge in [0.05, 0.1) is 5.69 Å². The third-order valence-electron chi connectivity index (χ3n) is 4.42. The van der Waals surface area contributed by atoms with Crippen LogP contribution in [0.1, 0.15) is 33.6 Å². The first-order valence-electron chi connectivity index (χ1n) is 7.95. The highest BCUT2D eigenvalue weighted by Crippen LogP contribution is 2.37. The molecule has 5 nitrogen and oxygen atoms in total. The van der Waals surface area contributed by atoms with Crippen molar-refractivity contribution in [3.05, 3.63) is 30.3 Å². The van der Waals surface area contributed by atoms with Gasteiger partial charge in [-0.1, -0.05) is 39.0 Å². The van der Waals surface area contributed by atoms with Crippen molar-refractivity contribution >= 4 is 17.5 Å². The number of hydrogen-bond donors (Lipinski definition) is 1. The minimum atomic E-state index is -0.335. The molecule has 3 rings (SSSR count). The van der Waals surface area contributed by atoms with Crippen LogP contribution in [0.3, 0.4) is 0 Å². The van der Waals surface area contributed by atoms with Crippen molar-refractivity contribution in [3.8, 4) is 0 Å². The third-order valence-corrected chi connectivity index (χ3v) is 4.42. The summed E-state index contributed by atoms with van der Waals surface area (Å²) in [5.74, 6) is 0.608. The van der Waals surface area contributed by atoms with E-state index >= 15 is 0 Å². The van der Waals surface area contributed by atoms with Crippen LogP contribution in [-0.2, 0) is 9.59 Å². The average molecular weight is 301 g/mol. The van der Waals surface area contributed by atoms with Crippen molar-refractivity contribution in [3.63, 3.8) is 0 Å². The molecule has 2 aliphatic rings. The number of amides is 2. The van der Waals surface area contributed by atoms with Gasteiger partial charge in [0.2, 0.25) is 5.91 Å². The van der Waals surface area contributed by atoms with Gasteiger partial charge in [0, 0.05) is 12.3 Å². The first-order chi connectivity index (χ1) is 10.5. The molecule has 1 N–H and O–H groups in total. The van der Waals surface area contributed by atoms with Gasteiger partial charge in [0.1, 0.15) is 12.2 Å². The molecule has 1 aromatic rings. The number of para-hydroxylation sites is 1. The van der Waals surface area contributed by atoms with Crippen LogP contribution < -0.4 is 5.43 Å². The van der Waals surface area contributed by atoms with E-state index in [1.54, 1.807) is 9.91 Å². The van der Waals surface area contributed by atoms with Crippen LogP contribution in [0, 0.1) is 11.8 Å². The molecular formula is C17H23N3O2. The predicted molar refractivity (Wildman–Crippen MR) is 84.6 cm³/mol. The van der Waals surface area contributed by atoms with Crippen LogP contribution in [0.4, 0.5) is 5.69 Å². The average Bonchev–Trinajstić information content (AvgIpc) is 2.90. The van der Waals surface area contributed by atoms with Gasteiger partial charge in [-0.25, -0.2) is 5.01 Å². The summed E-state index contributed by atoms with van der Waals surface area (Å²) in [5, 5.41) is 1.66. The standard InChI is InChI=1S/C17H23N3O2/c1-11(2)9-14-17(22)20(18-13-7-5-4-6-8-13)16-12(3)10-15(21)19(14)16/h4-8,11-12,14,16,18H,9-10H2,1-3H3/t12-,14-,16?/m0/s1. The Labute approximate surface area is 131 Å². The van der Waals surface area contributed by atoms with Crippen molar-refractivity contribution in [2.45, 2.75) is 45.8 Å². The molecule has 0 radical (unpaired) electrons. The van der Waals surface area contributed by atoms with E-state index in [9.17, 15) is 9.59 Å². The fourth-order valence-corrected chi connectivity index (χ4v) is 3.49. The van der Waals surface area contributed by atoms with Crippen LogP contribution in [0.5, 0.6) is 0 Å². The quantitative estimate of drug-likeness (QED) is 0.929. The van der Waals surface area contributed by atoms with E-state index in [4.69, 9.17) is 0 Å². The van der Waals surface area contributed by atoms with Gasteiger partial charge >= 0.3 is 0 Å². The van der Waals surface area contributed by atoms with Crippen LogP contribution in [0.2, 0.25) is 0 Å². The summed E-state index contributed by atoms with van der Waals surface area (Å²) in [6, 6.07) is 9.31. The zero-order valence-corrected chi connectivity index (χ0v) is 13.3. The molecular weight excluding hydrogens is 278 g/mol. The number of hydrogen-bond acceptors (Lipinski definition) is 3. The molecule has 2 amide bonds. The molecule has 0 saturated carbocycles. The van der Waals surface area contributed by atoms with Crippen molar-refractivity contribution < 1.29 is 9.59 Å². The van der Waals surface area contributed by atoms with Crippen LogP contribution in [-0.4, -0.2) is 33.9 Å². The first-order valence-corrected chi connectivity index (χ1v) is 7.95. The largest absolute Gasteiger partial charge is 0.308 e. The second-order valence-electron chi connectivity index (χ2n) is 6.73. The molecule has 3 atom stereocenters. The van der Waals surface area contributed by atoms with Gasteiger partial charge in [-0.05, 0) is 24.5 Å². The maximum absolute atomic E-state index is 12.8. The minimum Gasteiger partial charge on any atom is -0.308 e. The summed E-state index contributed by atoms with van der Waals surface area (Å²) in [5.41, 5.74) is 4.07. The lowest BCUT2D eigenvalue weighted by molar-refractivity contribution is -0.134. The topological polar surface area (TPSA) is 52.7 Å². The van der Waals surface area contributed by atoms with Crippen molar-refractivity contribution in [1.82, 2.24) is 9.91 Å². The molecule has 2 fully saturated rings. The van der Waals surface area contributed by atoms with Gasteiger partial charge < -0.3 is 4.90 Å². The van der Waals surface area contributed by atoms with Gasteiger partial charge in [-0.15, -0.1) is 0 Å². The summed E-state index contributed by atoms with van der Waals surface area (Å²) in [7, 11) is 0. The number of nitrogens with one attached hydrogen (secondary N) is 1. The number of carbonyl (C=O) groups is 2. The zero-order chi connectivity index (χ0) is 15.9. The van der Waals surface area contributed by atoms with E-state index in [-0.39, 0.29) is 29.9 Å². The number of anilines is 1. The fraction of sp³-hybridized carbons (Fsp3) is 0.529. The summed E-state index contributed by atoms with van der Waals surface area (Å²) in [6.07, 6.45) is 1.05. The second kappa shape index (κ2) is 5.63. The van der Waals surface area contributed by atoms with E-state index in [1.165, 1.54) is 0 Å². The maximum atomic E-state index is 12.8. The van der Waals surface area contributed by atoms with Gasteiger partial charge in [-0.3, -0.25) is 15.0 Å². The molecule has 1 aromatic carbocycles. The Kier molecular flexibility index (Phi) is 3.81. The molecule has 5 heteroatoms. The Morgan fingerprint density at radius 3 is 2.55 bits per heavy atom. The Bertz CT molecular complexity index is 573. The maximum Gasteiger partial charge on any atom is 0.265 e. The number of rotatable bonds is 4. The van der Waals surface area contributed by atoms with E-state index in [1.807, 2.05) is 37.3 Å². The van der Waals surface area contributed by atoms with Crippen LogP contribution in [0.25, 0.3) is 0 Å². The molecule has 0 spiro atoms. The lowest BCUT2D eigenvalue weighted by Crippen LogP contribution is -2.43. The SMILES string of the molecule is CC(C)C[C@H]1C(=O)N(Nc2ccccc2)C2[C@@H](C)CC(=O)N21. The van der Waals surface area contributed by atoms with Crippen molar-refractivity contribution in [2.24, 2.45) is 11.8 Å². The highest BCUT2D eigenvalue weighted by atomic mass is 16.2. The lowest BCUT2D eigenvalue weighted by Gasteiger charge is -2.28. The van der Waals surface area contributed by atoms with E-state index < -0.39 is 0 Å². The molecule has 0 aliphatic carbocycles. The Morgan fingerprint density at radius 2 is 1.91 bits per heavy atom. The Hall–Kier alpha value is -2.04. The van der Waals surface area contributed by atoms with Gasteiger partial charge in [-0.2, -0.15) is 0 Å².